The summed E-state index contributed by atoms with van der Waals surface area (Å²) in [5.74, 6) is -0.902. The average molecular weight is 499 g/mol. The van der Waals surface area contributed by atoms with Crippen LogP contribution in [0, 0.1) is 0 Å². The van der Waals surface area contributed by atoms with Gasteiger partial charge < -0.3 is 9.47 Å². The molecule has 0 unspecified atom stereocenters. The number of hydrogen-bond donors (Lipinski definition) is 0. The number of carbonyl (C=O) groups is 2. The third kappa shape index (κ3) is 4.57. The van der Waals surface area contributed by atoms with Gasteiger partial charge >= 0.3 is 11.9 Å². The molecule has 186 valence electrons. The van der Waals surface area contributed by atoms with Crippen molar-refractivity contribution in [1.29, 1.82) is 0 Å². The minimum Gasteiger partial charge on any atom is -0.455 e. The molecule has 0 radical (unpaired) electrons. The van der Waals surface area contributed by atoms with Crippen LogP contribution in [0.3, 0.4) is 0 Å². The van der Waals surface area contributed by atoms with Crippen LogP contribution in [0.2, 0.25) is 0 Å². The van der Waals surface area contributed by atoms with Gasteiger partial charge in [-0.15, -0.1) is 0 Å². The molecule has 0 aliphatic rings. The van der Waals surface area contributed by atoms with Crippen molar-refractivity contribution >= 4 is 55.0 Å². The maximum absolute atomic E-state index is 12.9. The van der Waals surface area contributed by atoms with Crippen molar-refractivity contribution in [3.05, 3.63) is 120 Å². The van der Waals surface area contributed by atoms with Crippen LogP contribution in [-0.2, 0) is 9.47 Å². The average Bonchev–Trinajstić information content (AvgIpc) is 2.94. The van der Waals surface area contributed by atoms with Crippen LogP contribution in [-0.4, -0.2) is 24.1 Å². The summed E-state index contributed by atoms with van der Waals surface area (Å²) in [6.45, 7) is 3.47. The van der Waals surface area contributed by atoms with Gasteiger partial charge in [0.15, 0.2) is 0 Å². The Kier molecular flexibility index (Phi) is 6.01. The highest BCUT2D eigenvalue weighted by Gasteiger charge is 2.22. The van der Waals surface area contributed by atoms with Gasteiger partial charge in [0.2, 0.25) is 0 Å². The Morgan fingerprint density at radius 3 is 1.13 bits per heavy atom. The summed E-state index contributed by atoms with van der Waals surface area (Å²) in [5, 5.41) is 8.57. The Labute approximate surface area is 220 Å². The molecule has 6 aromatic carbocycles. The third-order valence-electron chi connectivity index (χ3n) is 7.13. The zero-order valence-electron chi connectivity index (χ0n) is 21.2. The summed E-state index contributed by atoms with van der Waals surface area (Å²) in [6.07, 6.45) is -1.24. The van der Waals surface area contributed by atoms with Gasteiger partial charge in [-0.1, -0.05) is 60.7 Å². The number of carbonyl (C=O) groups excluding carboxylic acids is 2. The number of rotatable bonds is 5. The molecule has 0 N–H and O–H groups in total. The van der Waals surface area contributed by atoms with E-state index in [9.17, 15) is 9.59 Å². The summed E-state index contributed by atoms with van der Waals surface area (Å²) >= 11 is 0. The minimum atomic E-state index is -0.622. The van der Waals surface area contributed by atoms with Gasteiger partial charge in [-0.3, -0.25) is 0 Å². The first-order valence-corrected chi connectivity index (χ1v) is 12.7. The van der Waals surface area contributed by atoms with Crippen molar-refractivity contribution < 1.29 is 19.1 Å². The van der Waals surface area contributed by atoms with E-state index in [4.69, 9.17) is 9.47 Å². The van der Waals surface area contributed by atoms with Gasteiger partial charge in [-0.05, 0) is 105 Å². The molecule has 6 rings (SSSR count). The quantitative estimate of drug-likeness (QED) is 0.178. The largest absolute Gasteiger partial charge is 0.455 e. The molecular formula is C34H26O4. The highest BCUT2D eigenvalue weighted by Crippen LogP contribution is 2.26. The Balaban J connectivity index is 1.15. The van der Waals surface area contributed by atoms with Crippen LogP contribution >= 0.6 is 0 Å². The summed E-state index contributed by atoms with van der Waals surface area (Å²) in [6, 6.07) is 35.7. The van der Waals surface area contributed by atoms with Crippen molar-refractivity contribution in [2.24, 2.45) is 0 Å². The monoisotopic (exact) mass is 498 g/mol. The molecule has 6 aromatic rings. The first-order valence-electron chi connectivity index (χ1n) is 12.7. The molecule has 4 nitrogen and oxygen atoms in total. The van der Waals surface area contributed by atoms with Crippen molar-refractivity contribution in [2.45, 2.75) is 26.1 Å². The van der Waals surface area contributed by atoms with Crippen LogP contribution in [0.1, 0.15) is 34.6 Å². The zero-order valence-corrected chi connectivity index (χ0v) is 21.2. The lowest BCUT2D eigenvalue weighted by Gasteiger charge is -2.21. The highest BCUT2D eigenvalue weighted by atomic mass is 16.6. The van der Waals surface area contributed by atoms with Gasteiger partial charge in [-0.25, -0.2) is 9.59 Å². The van der Waals surface area contributed by atoms with Crippen LogP contribution in [0.5, 0.6) is 0 Å². The van der Waals surface area contributed by atoms with Gasteiger partial charge in [-0.2, -0.15) is 0 Å². The summed E-state index contributed by atoms with van der Waals surface area (Å²) in [5.41, 5.74) is 0.917. The molecule has 0 aromatic heterocycles. The molecule has 4 heteroatoms. The lowest BCUT2D eigenvalue weighted by molar-refractivity contribution is -0.0239. The summed E-state index contributed by atoms with van der Waals surface area (Å²) in [7, 11) is 0. The predicted octanol–water partition coefficient (Wildman–Crippen LogP) is 8.09. The van der Waals surface area contributed by atoms with Gasteiger partial charge in [0.25, 0.3) is 0 Å². The maximum atomic E-state index is 12.9. The third-order valence-corrected chi connectivity index (χ3v) is 7.13. The fourth-order valence-electron chi connectivity index (χ4n) is 4.80. The number of esters is 2. The van der Waals surface area contributed by atoms with E-state index in [-0.39, 0.29) is 0 Å². The molecule has 0 aliphatic carbocycles. The van der Waals surface area contributed by atoms with E-state index in [1.54, 1.807) is 26.0 Å². The second-order valence-electron chi connectivity index (χ2n) is 9.74. The lowest BCUT2D eigenvalue weighted by Crippen LogP contribution is -2.30. The smallest absolute Gasteiger partial charge is 0.338 e. The Hall–Kier alpha value is -4.70. The van der Waals surface area contributed by atoms with Gasteiger partial charge in [0, 0.05) is 0 Å². The highest BCUT2D eigenvalue weighted by molar-refractivity contribution is 6.03. The van der Waals surface area contributed by atoms with E-state index in [0.717, 1.165) is 43.1 Å². The number of fused-ring (bicyclic) bond motifs is 4. The van der Waals surface area contributed by atoms with Gasteiger partial charge in [0.05, 0.1) is 11.1 Å². The topological polar surface area (TPSA) is 52.6 Å². The SMILES string of the molecule is C[C@H](OC(=O)c1ccc2cc3ccccc3cc2c1)[C@H](C)OC(=O)c1ccc2cc3ccccc3cc2c1. The van der Waals surface area contributed by atoms with E-state index in [2.05, 4.69) is 48.5 Å². The Morgan fingerprint density at radius 1 is 0.447 bits per heavy atom. The molecule has 0 bridgehead atoms. The molecule has 0 spiro atoms. The van der Waals surface area contributed by atoms with E-state index in [0.29, 0.717) is 11.1 Å². The molecule has 0 aliphatic heterocycles. The molecule has 0 fully saturated rings. The van der Waals surface area contributed by atoms with Crippen LogP contribution < -0.4 is 0 Å². The van der Waals surface area contributed by atoms with Crippen molar-refractivity contribution in [2.75, 3.05) is 0 Å². The van der Waals surface area contributed by atoms with E-state index < -0.39 is 24.1 Å². The maximum Gasteiger partial charge on any atom is 0.338 e. The fraction of sp³-hybridized carbons (Fsp3) is 0.118. The Morgan fingerprint density at radius 2 is 0.763 bits per heavy atom. The fourth-order valence-corrected chi connectivity index (χ4v) is 4.80. The summed E-state index contributed by atoms with van der Waals surface area (Å²) < 4.78 is 11.3. The lowest BCUT2D eigenvalue weighted by atomic mass is 10.0. The van der Waals surface area contributed by atoms with Crippen LogP contribution in [0.15, 0.2) is 109 Å². The van der Waals surface area contributed by atoms with Gasteiger partial charge in [0.1, 0.15) is 12.2 Å². The number of benzene rings is 6. The molecule has 0 heterocycles. The number of ether oxygens (including phenoxy) is 2. The molecule has 38 heavy (non-hydrogen) atoms. The van der Waals surface area contributed by atoms with E-state index >= 15 is 0 Å². The molecule has 2 atom stereocenters. The minimum absolute atomic E-state index is 0.451. The standard InChI is InChI=1S/C34H26O4/c1-21(37-33(35)29-13-11-27-15-23-7-3-5-9-25(23)17-31(27)19-29)22(2)38-34(36)30-14-12-28-16-24-8-4-6-10-26(24)18-32(28)20-30/h3-22H,1-2H3/t21-,22-/m0/s1. The molecule has 0 saturated heterocycles. The van der Waals surface area contributed by atoms with Crippen molar-refractivity contribution in [3.63, 3.8) is 0 Å². The predicted molar refractivity (Wildman–Crippen MR) is 153 cm³/mol. The summed E-state index contributed by atoms with van der Waals surface area (Å²) in [4.78, 5) is 25.8. The van der Waals surface area contributed by atoms with Crippen LogP contribution in [0.4, 0.5) is 0 Å². The first kappa shape index (κ1) is 23.7. The van der Waals surface area contributed by atoms with E-state index in [1.807, 2.05) is 48.5 Å². The Bertz CT molecular complexity index is 1720. The molecule has 0 amide bonds. The normalized spacial score (nSPS) is 13.0. The van der Waals surface area contributed by atoms with Crippen molar-refractivity contribution in [1.82, 2.24) is 0 Å². The number of hydrogen-bond acceptors (Lipinski definition) is 4. The zero-order chi connectivity index (χ0) is 26.2. The van der Waals surface area contributed by atoms with Crippen molar-refractivity contribution in [3.8, 4) is 0 Å². The van der Waals surface area contributed by atoms with Crippen LogP contribution in [0.25, 0.3) is 43.1 Å². The first-order chi connectivity index (χ1) is 18.4. The molecular weight excluding hydrogens is 472 g/mol. The van der Waals surface area contributed by atoms with E-state index in [1.165, 1.54) is 0 Å². The second kappa shape index (κ2) is 9.64. The molecule has 0 saturated carbocycles. The second-order valence-corrected chi connectivity index (χ2v) is 9.74.